The summed E-state index contributed by atoms with van der Waals surface area (Å²) in [5.41, 5.74) is 9.04. The minimum absolute atomic E-state index is 0.0996. The fourth-order valence-electron chi connectivity index (χ4n) is 2.49. The van der Waals surface area contributed by atoms with E-state index in [0.717, 1.165) is 12.1 Å². The fourth-order valence-corrected chi connectivity index (χ4v) is 3.35. The molecular formula is C18H12F4N4O2S. The first-order valence-electron chi connectivity index (χ1n) is 7.91. The second kappa shape index (κ2) is 7.51. The van der Waals surface area contributed by atoms with Crippen LogP contribution in [0.5, 0.6) is 0 Å². The van der Waals surface area contributed by atoms with E-state index in [2.05, 4.69) is 10.3 Å². The number of nitrogen functional groups attached to an aromatic ring is 1. The Labute approximate surface area is 165 Å². The molecule has 0 aliphatic heterocycles. The number of ketones is 1. The normalized spacial score (nSPS) is 11.3. The van der Waals surface area contributed by atoms with Gasteiger partial charge in [-0.15, -0.1) is 0 Å². The molecular weight excluding hydrogens is 412 g/mol. The largest absolute Gasteiger partial charge is 0.417 e. The number of amides is 1. The standard InChI is InChI=1S/C18H12F4N4O2S/c19-11-3-1-2-10(18(20,21)22)12(11)13(27)14-15(23)26-17(29-14)25-9-6-4-8(5-7-9)16(24)28/h1-7H,23H2,(H2,24,28)(H,25,26). The van der Waals surface area contributed by atoms with Crippen molar-refractivity contribution < 1.29 is 27.2 Å². The van der Waals surface area contributed by atoms with Crippen LogP contribution < -0.4 is 16.8 Å². The smallest absolute Gasteiger partial charge is 0.382 e. The van der Waals surface area contributed by atoms with Crippen LogP contribution in [0.15, 0.2) is 42.5 Å². The first-order chi connectivity index (χ1) is 13.6. The molecule has 0 unspecified atom stereocenters. The van der Waals surface area contributed by atoms with Crippen molar-refractivity contribution in [1.82, 2.24) is 4.98 Å². The highest BCUT2D eigenvalue weighted by molar-refractivity contribution is 7.18. The van der Waals surface area contributed by atoms with E-state index in [0.29, 0.717) is 23.1 Å². The Morgan fingerprint density at radius 1 is 1.07 bits per heavy atom. The highest BCUT2D eigenvalue weighted by Crippen LogP contribution is 2.36. The van der Waals surface area contributed by atoms with E-state index in [9.17, 15) is 27.2 Å². The van der Waals surface area contributed by atoms with Crippen LogP contribution in [0.3, 0.4) is 0 Å². The number of hydrogen-bond donors (Lipinski definition) is 3. The molecule has 6 nitrogen and oxygen atoms in total. The monoisotopic (exact) mass is 424 g/mol. The van der Waals surface area contributed by atoms with Crippen molar-refractivity contribution in [3.05, 3.63) is 69.8 Å². The summed E-state index contributed by atoms with van der Waals surface area (Å²) in [4.78, 5) is 27.3. The number of rotatable bonds is 5. The van der Waals surface area contributed by atoms with Crippen LogP contribution in [-0.4, -0.2) is 16.7 Å². The molecule has 1 heterocycles. The number of anilines is 3. The number of nitrogens with two attached hydrogens (primary N) is 2. The average molecular weight is 424 g/mol. The van der Waals surface area contributed by atoms with Gasteiger partial charge in [-0.05, 0) is 36.4 Å². The lowest BCUT2D eigenvalue weighted by molar-refractivity contribution is -0.138. The maximum Gasteiger partial charge on any atom is 0.417 e. The number of carbonyl (C=O) groups is 2. The van der Waals surface area contributed by atoms with E-state index in [4.69, 9.17) is 11.5 Å². The van der Waals surface area contributed by atoms with Gasteiger partial charge in [0.2, 0.25) is 11.7 Å². The summed E-state index contributed by atoms with van der Waals surface area (Å²) in [6.45, 7) is 0. The number of nitrogens with zero attached hydrogens (tertiary/aromatic N) is 1. The molecule has 0 saturated carbocycles. The molecule has 0 aliphatic carbocycles. The van der Waals surface area contributed by atoms with E-state index in [1.54, 1.807) is 0 Å². The van der Waals surface area contributed by atoms with Gasteiger partial charge in [0, 0.05) is 11.3 Å². The van der Waals surface area contributed by atoms with Crippen LogP contribution in [0.2, 0.25) is 0 Å². The van der Waals surface area contributed by atoms with Crippen molar-refractivity contribution in [3.63, 3.8) is 0 Å². The van der Waals surface area contributed by atoms with Crippen molar-refractivity contribution in [3.8, 4) is 0 Å². The van der Waals surface area contributed by atoms with Gasteiger partial charge in [-0.1, -0.05) is 17.4 Å². The van der Waals surface area contributed by atoms with Crippen molar-refractivity contribution in [2.45, 2.75) is 6.18 Å². The van der Waals surface area contributed by atoms with Gasteiger partial charge in [-0.2, -0.15) is 13.2 Å². The first-order valence-corrected chi connectivity index (χ1v) is 8.73. The number of aromatic nitrogens is 1. The van der Waals surface area contributed by atoms with Crippen LogP contribution in [0, 0.1) is 5.82 Å². The lowest BCUT2D eigenvalue weighted by atomic mass is 10.0. The van der Waals surface area contributed by atoms with E-state index >= 15 is 0 Å². The molecule has 1 amide bonds. The molecule has 0 fully saturated rings. The maximum atomic E-state index is 14.1. The zero-order valence-electron chi connectivity index (χ0n) is 14.4. The van der Waals surface area contributed by atoms with Crippen LogP contribution in [0.1, 0.15) is 31.2 Å². The highest BCUT2D eigenvalue weighted by atomic mass is 32.1. The number of benzene rings is 2. The molecule has 150 valence electrons. The molecule has 29 heavy (non-hydrogen) atoms. The summed E-state index contributed by atoms with van der Waals surface area (Å²) in [6.07, 6.45) is -4.92. The lowest BCUT2D eigenvalue weighted by Crippen LogP contribution is -2.16. The molecule has 0 saturated heterocycles. The molecule has 0 radical (unpaired) electrons. The third kappa shape index (κ3) is 4.19. The quantitative estimate of drug-likeness (QED) is 0.424. The predicted molar refractivity (Wildman–Crippen MR) is 99.6 cm³/mol. The van der Waals surface area contributed by atoms with Gasteiger partial charge in [-0.3, -0.25) is 9.59 Å². The summed E-state index contributed by atoms with van der Waals surface area (Å²) in [5, 5.41) is 2.90. The number of primary amides is 1. The Balaban J connectivity index is 1.93. The van der Waals surface area contributed by atoms with Crippen LogP contribution in [0.25, 0.3) is 0 Å². The average Bonchev–Trinajstić information content (AvgIpc) is 3.00. The second-order valence-corrected chi connectivity index (χ2v) is 6.79. The van der Waals surface area contributed by atoms with Crippen molar-refractivity contribution in [1.29, 1.82) is 0 Å². The Morgan fingerprint density at radius 2 is 1.72 bits per heavy atom. The van der Waals surface area contributed by atoms with Crippen molar-refractivity contribution in [2.24, 2.45) is 5.73 Å². The lowest BCUT2D eigenvalue weighted by Gasteiger charge is -2.12. The summed E-state index contributed by atoms with van der Waals surface area (Å²) in [5.74, 6) is -3.49. The summed E-state index contributed by atoms with van der Waals surface area (Å²) < 4.78 is 53.6. The fraction of sp³-hybridized carbons (Fsp3) is 0.0556. The Morgan fingerprint density at radius 3 is 2.31 bits per heavy atom. The Bertz CT molecular complexity index is 1090. The number of thiazole rings is 1. The molecule has 3 aromatic rings. The number of hydrogen-bond acceptors (Lipinski definition) is 6. The van der Waals surface area contributed by atoms with Crippen molar-refractivity contribution in [2.75, 3.05) is 11.1 Å². The third-order valence-corrected chi connectivity index (χ3v) is 4.81. The molecule has 1 aromatic heterocycles. The summed E-state index contributed by atoms with van der Waals surface area (Å²) in [6, 6.07) is 8.17. The number of carbonyl (C=O) groups excluding carboxylic acids is 2. The Hall–Kier alpha value is -3.47. The first kappa shape index (κ1) is 20.3. The number of halogens is 4. The third-order valence-electron chi connectivity index (χ3n) is 3.83. The predicted octanol–water partition coefficient (Wildman–Crippen LogP) is 3.96. The van der Waals surface area contributed by atoms with Crippen LogP contribution >= 0.6 is 11.3 Å². The van der Waals surface area contributed by atoms with Crippen LogP contribution in [0.4, 0.5) is 34.2 Å². The molecule has 0 bridgehead atoms. The number of alkyl halides is 3. The second-order valence-electron chi connectivity index (χ2n) is 5.79. The van der Waals surface area contributed by atoms with E-state index in [1.165, 1.54) is 24.3 Å². The SMILES string of the molecule is NC(=O)c1ccc(Nc2nc(N)c(C(=O)c3c(F)cccc3C(F)(F)F)s2)cc1. The molecule has 11 heteroatoms. The zero-order chi connectivity index (χ0) is 21.3. The van der Waals surface area contributed by atoms with Gasteiger partial charge >= 0.3 is 6.18 Å². The minimum atomic E-state index is -4.92. The van der Waals surface area contributed by atoms with Crippen molar-refractivity contribution >= 4 is 39.7 Å². The van der Waals surface area contributed by atoms with Gasteiger partial charge in [0.25, 0.3) is 0 Å². The van der Waals surface area contributed by atoms with Gasteiger partial charge < -0.3 is 16.8 Å². The molecule has 2 aromatic carbocycles. The van der Waals surface area contributed by atoms with Crippen LogP contribution in [-0.2, 0) is 6.18 Å². The molecule has 0 aliphatic rings. The molecule has 5 N–H and O–H groups in total. The van der Waals surface area contributed by atoms with E-state index in [-0.39, 0.29) is 21.4 Å². The highest BCUT2D eigenvalue weighted by Gasteiger charge is 2.37. The minimum Gasteiger partial charge on any atom is -0.382 e. The molecule has 0 spiro atoms. The molecule has 0 atom stereocenters. The number of nitrogens with one attached hydrogen (secondary N) is 1. The zero-order valence-corrected chi connectivity index (χ0v) is 15.2. The summed E-state index contributed by atoms with van der Waals surface area (Å²) in [7, 11) is 0. The topological polar surface area (TPSA) is 111 Å². The van der Waals surface area contributed by atoms with E-state index in [1.807, 2.05) is 0 Å². The maximum absolute atomic E-state index is 14.1. The summed E-state index contributed by atoms with van der Waals surface area (Å²) >= 11 is 0.673. The molecule has 3 rings (SSSR count). The van der Waals surface area contributed by atoms with Gasteiger partial charge in [-0.25, -0.2) is 9.37 Å². The Kier molecular flexibility index (Phi) is 5.25. The van der Waals surface area contributed by atoms with E-state index < -0.39 is 34.8 Å². The van der Waals surface area contributed by atoms with Gasteiger partial charge in [0.15, 0.2) is 5.13 Å². The van der Waals surface area contributed by atoms with Gasteiger partial charge in [0.05, 0.1) is 11.1 Å². The van der Waals surface area contributed by atoms with Gasteiger partial charge in [0.1, 0.15) is 16.5 Å².